The number of hydrogen-bond donors (Lipinski definition) is 1. The Kier molecular flexibility index (Phi) is 5.96. The summed E-state index contributed by atoms with van der Waals surface area (Å²) in [7, 11) is 0. The fourth-order valence-electron chi connectivity index (χ4n) is 2.61. The summed E-state index contributed by atoms with van der Waals surface area (Å²) in [6.45, 7) is 14.8. The Morgan fingerprint density at radius 1 is 1.37 bits per heavy atom. The van der Waals surface area contributed by atoms with Crippen molar-refractivity contribution in [3.05, 3.63) is 0 Å². The molecule has 0 saturated carbocycles. The molecule has 3 nitrogen and oxygen atoms in total. The van der Waals surface area contributed by atoms with Gasteiger partial charge in [0.2, 0.25) is 0 Å². The molecule has 1 fully saturated rings. The van der Waals surface area contributed by atoms with Crippen molar-refractivity contribution in [2.75, 3.05) is 19.6 Å². The molecule has 112 valence electrons. The largest absolute Gasteiger partial charge is 0.356 e. The van der Waals surface area contributed by atoms with Crippen molar-refractivity contribution < 1.29 is 0 Å². The molecule has 4 heteroatoms. The van der Waals surface area contributed by atoms with Gasteiger partial charge in [-0.3, -0.25) is 4.99 Å². The maximum Gasteiger partial charge on any atom is 0.194 e. The van der Waals surface area contributed by atoms with Gasteiger partial charge in [-0.15, -0.1) is 24.0 Å². The van der Waals surface area contributed by atoms with E-state index in [0.29, 0.717) is 17.4 Å². The maximum atomic E-state index is 4.71. The number of nitrogens with one attached hydrogen (secondary N) is 1. The second-order valence-electron chi connectivity index (χ2n) is 7.15. The molecular formula is C15H30IN3. The maximum absolute atomic E-state index is 4.71. The normalized spacial score (nSPS) is 26.8. The summed E-state index contributed by atoms with van der Waals surface area (Å²) in [5.74, 6) is 2.65. The highest BCUT2D eigenvalue weighted by atomic mass is 127. The number of guanidine groups is 1. The van der Waals surface area contributed by atoms with Crippen molar-refractivity contribution in [1.82, 2.24) is 10.2 Å². The number of rotatable bonds is 3. The van der Waals surface area contributed by atoms with Gasteiger partial charge in [0.25, 0.3) is 0 Å². The summed E-state index contributed by atoms with van der Waals surface area (Å²) in [6, 6.07) is 0.672. The number of halogens is 1. The summed E-state index contributed by atoms with van der Waals surface area (Å²) in [4.78, 5) is 7.21. The molecule has 0 bridgehead atoms. The van der Waals surface area contributed by atoms with Gasteiger partial charge in [-0.2, -0.15) is 0 Å². The minimum atomic E-state index is 0. The summed E-state index contributed by atoms with van der Waals surface area (Å²) in [6.07, 6.45) is 2.67. The zero-order valence-corrected chi connectivity index (χ0v) is 15.4. The molecule has 2 rings (SSSR count). The van der Waals surface area contributed by atoms with Crippen LogP contribution in [0.3, 0.4) is 0 Å². The Balaban J connectivity index is 0.00000180. The molecule has 0 amide bonds. The van der Waals surface area contributed by atoms with Crippen molar-refractivity contribution in [3.8, 4) is 0 Å². The van der Waals surface area contributed by atoms with Gasteiger partial charge in [0, 0.05) is 13.1 Å². The molecule has 2 unspecified atom stereocenters. The first-order valence-electron chi connectivity index (χ1n) is 7.45. The Bertz CT molecular complexity index is 325. The second kappa shape index (κ2) is 6.64. The fraction of sp³-hybridized carbons (Fsp3) is 0.933. The lowest BCUT2D eigenvalue weighted by Gasteiger charge is -2.37. The molecule has 0 spiro atoms. The van der Waals surface area contributed by atoms with E-state index in [-0.39, 0.29) is 24.0 Å². The van der Waals surface area contributed by atoms with Crippen LogP contribution in [0.25, 0.3) is 0 Å². The Hall–Kier alpha value is 0. The molecule has 1 N–H and O–H groups in total. The predicted molar refractivity (Wildman–Crippen MR) is 93.2 cm³/mol. The minimum Gasteiger partial charge on any atom is -0.356 e. The molecule has 0 aromatic heterocycles. The van der Waals surface area contributed by atoms with E-state index >= 15 is 0 Å². The first-order valence-corrected chi connectivity index (χ1v) is 7.45. The van der Waals surface area contributed by atoms with Crippen LogP contribution in [0.2, 0.25) is 0 Å². The smallest absolute Gasteiger partial charge is 0.194 e. The third kappa shape index (κ3) is 3.99. The molecule has 0 aromatic carbocycles. The van der Waals surface area contributed by atoms with E-state index in [4.69, 9.17) is 4.99 Å². The monoisotopic (exact) mass is 379 g/mol. The van der Waals surface area contributed by atoms with E-state index in [2.05, 4.69) is 44.8 Å². The van der Waals surface area contributed by atoms with Gasteiger partial charge in [0.05, 0.1) is 12.6 Å². The molecule has 2 aliphatic heterocycles. The van der Waals surface area contributed by atoms with Crippen molar-refractivity contribution in [2.45, 2.75) is 53.5 Å². The SMILES string of the molecule is CC1CCC2CN=C(NCC(C)(C)C(C)C)N2C1.I. The highest BCUT2D eigenvalue weighted by Gasteiger charge is 2.33. The Morgan fingerprint density at radius 2 is 2.05 bits per heavy atom. The molecule has 19 heavy (non-hydrogen) atoms. The second-order valence-corrected chi connectivity index (χ2v) is 7.15. The van der Waals surface area contributed by atoms with E-state index in [9.17, 15) is 0 Å². The fourth-order valence-corrected chi connectivity index (χ4v) is 2.61. The van der Waals surface area contributed by atoms with Gasteiger partial charge >= 0.3 is 0 Å². The van der Waals surface area contributed by atoms with Crippen LogP contribution in [-0.2, 0) is 0 Å². The van der Waals surface area contributed by atoms with Gasteiger partial charge in [-0.25, -0.2) is 0 Å². The van der Waals surface area contributed by atoms with Crippen LogP contribution in [0, 0.1) is 17.3 Å². The average molecular weight is 379 g/mol. The Morgan fingerprint density at radius 3 is 2.68 bits per heavy atom. The first-order chi connectivity index (χ1) is 8.40. The molecule has 2 heterocycles. The van der Waals surface area contributed by atoms with Crippen LogP contribution in [0.4, 0.5) is 0 Å². The van der Waals surface area contributed by atoms with E-state index in [1.54, 1.807) is 0 Å². The zero-order chi connectivity index (χ0) is 13.3. The number of hydrogen-bond acceptors (Lipinski definition) is 3. The highest BCUT2D eigenvalue weighted by Crippen LogP contribution is 2.27. The number of aliphatic imine (C=N–C) groups is 1. The van der Waals surface area contributed by atoms with Crippen molar-refractivity contribution in [3.63, 3.8) is 0 Å². The highest BCUT2D eigenvalue weighted by molar-refractivity contribution is 14.0. The minimum absolute atomic E-state index is 0. The standard InChI is InChI=1S/C15H29N3.HI/c1-11(2)15(4,5)10-17-14-16-8-13-7-6-12(3)9-18(13)14;/h11-13H,6-10H2,1-5H3,(H,16,17);1H. The quantitative estimate of drug-likeness (QED) is 0.762. The topological polar surface area (TPSA) is 27.6 Å². The van der Waals surface area contributed by atoms with Crippen LogP contribution >= 0.6 is 24.0 Å². The van der Waals surface area contributed by atoms with E-state index in [1.807, 2.05) is 0 Å². The summed E-state index contributed by atoms with van der Waals surface area (Å²) in [5.41, 5.74) is 0.321. The third-order valence-corrected chi connectivity index (χ3v) is 4.93. The Labute approximate surface area is 135 Å². The molecule has 0 aromatic rings. The number of piperidine rings is 1. The van der Waals surface area contributed by atoms with E-state index in [0.717, 1.165) is 25.0 Å². The summed E-state index contributed by atoms with van der Waals surface area (Å²) in [5, 5.41) is 3.60. The van der Waals surface area contributed by atoms with E-state index < -0.39 is 0 Å². The van der Waals surface area contributed by atoms with Crippen LogP contribution < -0.4 is 5.32 Å². The first kappa shape index (κ1) is 17.1. The number of fused-ring (bicyclic) bond motifs is 1. The van der Waals surface area contributed by atoms with Gasteiger partial charge in [0.15, 0.2) is 5.96 Å². The third-order valence-electron chi connectivity index (χ3n) is 4.93. The van der Waals surface area contributed by atoms with Crippen LogP contribution in [0.15, 0.2) is 4.99 Å². The van der Waals surface area contributed by atoms with Crippen LogP contribution in [-0.4, -0.2) is 36.5 Å². The van der Waals surface area contributed by atoms with Crippen molar-refractivity contribution in [2.24, 2.45) is 22.2 Å². The van der Waals surface area contributed by atoms with Gasteiger partial charge in [-0.1, -0.05) is 34.6 Å². The summed E-state index contributed by atoms with van der Waals surface area (Å²) >= 11 is 0. The molecular weight excluding hydrogens is 349 g/mol. The average Bonchev–Trinajstić information content (AvgIpc) is 2.68. The van der Waals surface area contributed by atoms with Gasteiger partial charge < -0.3 is 10.2 Å². The predicted octanol–water partition coefficient (Wildman–Crippen LogP) is 3.35. The van der Waals surface area contributed by atoms with Crippen LogP contribution in [0.5, 0.6) is 0 Å². The van der Waals surface area contributed by atoms with Gasteiger partial charge in [-0.05, 0) is 30.1 Å². The molecule has 0 aliphatic carbocycles. The molecule has 0 radical (unpaired) electrons. The molecule has 2 aliphatic rings. The van der Waals surface area contributed by atoms with Crippen molar-refractivity contribution in [1.29, 1.82) is 0 Å². The summed E-state index contributed by atoms with van der Waals surface area (Å²) < 4.78 is 0. The number of nitrogens with zero attached hydrogens (tertiary/aromatic N) is 2. The molecule has 2 atom stereocenters. The lowest BCUT2D eigenvalue weighted by atomic mass is 9.81. The lowest BCUT2D eigenvalue weighted by Crippen LogP contribution is -2.50. The molecule has 1 saturated heterocycles. The van der Waals surface area contributed by atoms with Crippen LogP contribution in [0.1, 0.15) is 47.5 Å². The van der Waals surface area contributed by atoms with Gasteiger partial charge in [0.1, 0.15) is 0 Å². The van der Waals surface area contributed by atoms with Crippen molar-refractivity contribution >= 4 is 29.9 Å². The lowest BCUT2D eigenvalue weighted by molar-refractivity contribution is 0.203. The zero-order valence-electron chi connectivity index (χ0n) is 13.1. The van der Waals surface area contributed by atoms with E-state index in [1.165, 1.54) is 19.4 Å².